The van der Waals surface area contributed by atoms with Crippen molar-refractivity contribution in [2.24, 2.45) is 11.7 Å². The van der Waals surface area contributed by atoms with Gasteiger partial charge >= 0.3 is 0 Å². The van der Waals surface area contributed by atoms with Crippen molar-refractivity contribution in [3.63, 3.8) is 0 Å². The smallest absolute Gasteiger partial charge is 0.119 e. The Labute approximate surface area is 116 Å². The van der Waals surface area contributed by atoms with Crippen LogP contribution in [-0.2, 0) is 0 Å². The monoisotopic (exact) mass is 262 g/mol. The minimum absolute atomic E-state index is 0.0837. The number of likely N-dealkylation sites (tertiary alicyclic amines) is 1. The third kappa shape index (κ3) is 3.95. The van der Waals surface area contributed by atoms with Crippen LogP contribution in [0.4, 0.5) is 0 Å². The average molecular weight is 262 g/mol. The minimum Gasteiger partial charge on any atom is -0.490 e. The average Bonchev–Trinajstić information content (AvgIpc) is 2.40. The molecule has 1 saturated heterocycles. The number of nitrogens with zero attached hydrogens (tertiary/aromatic N) is 1. The van der Waals surface area contributed by atoms with E-state index in [2.05, 4.69) is 31.0 Å². The number of rotatable bonds is 4. The van der Waals surface area contributed by atoms with Crippen molar-refractivity contribution in [3.8, 4) is 5.75 Å². The van der Waals surface area contributed by atoms with Gasteiger partial charge in [0, 0.05) is 6.04 Å². The van der Waals surface area contributed by atoms with Gasteiger partial charge in [-0.1, -0.05) is 12.1 Å². The summed E-state index contributed by atoms with van der Waals surface area (Å²) in [6.45, 7) is 6.55. The largest absolute Gasteiger partial charge is 0.490 e. The lowest BCUT2D eigenvalue weighted by Crippen LogP contribution is -2.36. The first-order chi connectivity index (χ1) is 9.06. The van der Waals surface area contributed by atoms with E-state index in [9.17, 15) is 0 Å². The molecule has 2 atom stereocenters. The fourth-order valence-corrected chi connectivity index (χ4v) is 2.66. The van der Waals surface area contributed by atoms with Gasteiger partial charge in [-0.3, -0.25) is 0 Å². The second-order valence-corrected chi connectivity index (χ2v) is 5.82. The maximum Gasteiger partial charge on any atom is 0.119 e. The zero-order chi connectivity index (χ0) is 13.8. The van der Waals surface area contributed by atoms with E-state index in [4.69, 9.17) is 10.5 Å². The van der Waals surface area contributed by atoms with Gasteiger partial charge in [0.2, 0.25) is 0 Å². The molecule has 0 aliphatic carbocycles. The maximum atomic E-state index is 6.06. The highest BCUT2D eigenvalue weighted by molar-refractivity contribution is 5.28. The molecular weight excluding hydrogens is 236 g/mol. The Morgan fingerprint density at radius 3 is 2.26 bits per heavy atom. The maximum absolute atomic E-state index is 6.06. The van der Waals surface area contributed by atoms with Crippen molar-refractivity contribution in [1.82, 2.24) is 4.90 Å². The molecule has 3 nitrogen and oxygen atoms in total. The molecule has 0 spiro atoms. The van der Waals surface area contributed by atoms with Gasteiger partial charge in [-0.25, -0.2) is 0 Å². The highest BCUT2D eigenvalue weighted by Gasteiger charge is 2.23. The molecule has 0 saturated carbocycles. The van der Waals surface area contributed by atoms with Crippen molar-refractivity contribution >= 4 is 0 Å². The summed E-state index contributed by atoms with van der Waals surface area (Å²) in [4.78, 5) is 2.39. The topological polar surface area (TPSA) is 38.5 Å². The molecule has 0 aromatic heterocycles. The molecule has 1 aliphatic rings. The molecular formula is C16H26N2O. The van der Waals surface area contributed by atoms with E-state index in [0.717, 1.165) is 11.3 Å². The van der Waals surface area contributed by atoms with Crippen molar-refractivity contribution in [1.29, 1.82) is 0 Å². The molecule has 3 heteroatoms. The summed E-state index contributed by atoms with van der Waals surface area (Å²) in [6.07, 6.45) is 2.75. The van der Waals surface area contributed by atoms with Crippen molar-refractivity contribution in [3.05, 3.63) is 29.8 Å². The summed E-state index contributed by atoms with van der Waals surface area (Å²) in [7, 11) is 2.19. The van der Waals surface area contributed by atoms with Crippen LogP contribution in [0.5, 0.6) is 5.75 Å². The fraction of sp³-hybridized carbons (Fsp3) is 0.625. The summed E-state index contributed by atoms with van der Waals surface area (Å²) in [5, 5.41) is 0. The van der Waals surface area contributed by atoms with Crippen LogP contribution in [0, 0.1) is 5.92 Å². The van der Waals surface area contributed by atoms with Crippen LogP contribution in [-0.4, -0.2) is 31.1 Å². The molecule has 2 rings (SSSR count). The Kier molecular flexibility index (Phi) is 4.83. The van der Waals surface area contributed by atoms with E-state index in [1.54, 1.807) is 0 Å². The highest BCUT2D eigenvalue weighted by Crippen LogP contribution is 2.24. The first-order valence-corrected chi connectivity index (χ1v) is 7.27. The van der Waals surface area contributed by atoms with Gasteiger partial charge in [0.1, 0.15) is 5.75 Å². The molecule has 1 heterocycles. The molecule has 1 aromatic rings. The number of piperidine rings is 1. The Hall–Kier alpha value is -1.06. The zero-order valence-corrected chi connectivity index (χ0v) is 12.3. The van der Waals surface area contributed by atoms with Crippen LogP contribution >= 0.6 is 0 Å². The van der Waals surface area contributed by atoms with Crippen LogP contribution in [0.3, 0.4) is 0 Å². The molecule has 0 amide bonds. The number of benzene rings is 1. The number of hydrogen-bond acceptors (Lipinski definition) is 3. The second kappa shape index (κ2) is 6.40. The molecule has 0 radical (unpaired) electrons. The predicted molar refractivity (Wildman–Crippen MR) is 79.4 cm³/mol. The SMILES string of the molecule is CC(N)c1ccc(OC(C)C2CCN(C)CC2)cc1. The lowest BCUT2D eigenvalue weighted by molar-refractivity contribution is 0.0977. The van der Waals surface area contributed by atoms with E-state index < -0.39 is 0 Å². The van der Waals surface area contributed by atoms with Crippen molar-refractivity contribution in [2.75, 3.05) is 20.1 Å². The molecule has 1 fully saturated rings. The summed E-state index contributed by atoms with van der Waals surface area (Å²) in [6, 6.07) is 8.26. The lowest BCUT2D eigenvalue weighted by Gasteiger charge is -2.32. The number of nitrogens with two attached hydrogens (primary N) is 1. The van der Waals surface area contributed by atoms with E-state index in [-0.39, 0.29) is 12.1 Å². The number of ether oxygens (including phenoxy) is 1. The minimum atomic E-state index is 0.0837. The van der Waals surface area contributed by atoms with E-state index in [0.29, 0.717) is 5.92 Å². The molecule has 0 bridgehead atoms. The molecule has 19 heavy (non-hydrogen) atoms. The molecule has 1 aromatic carbocycles. The van der Waals surface area contributed by atoms with Gasteiger partial charge in [-0.2, -0.15) is 0 Å². The first-order valence-electron chi connectivity index (χ1n) is 7.27. The Balaban J connectivity index is 1.89. The number of hydrogen-bond donors (Lipinski definition) is 1. The van der Waals surface area contributed by atoms with E-state index in [1.807, 2.05) is 19.1 Å². The first kappa shape index (κ1) is 14.4. The van der Waals surface area contributed by atoms with Crippen LogP contribution < -0.4 is 10.5 Å². The molecule has 1 aliphatic heterocycles. The van der Waals surface area contributed by atoms with Gasteiger partial charge in [0.25, 0.3) is 0 Å². The normalized spacial score (nSPS) is 21.1. The summed E-state index contributed by atoms with van der Waals surface area (Å²) in [5.74, 6) is 1.63. The summed E-state index contributed by atoms with van der Waals surface area (Å²) >= 11 is 0. The van der Waals surface area contributed by atoms with Crippen LogP contribution in [0.25, 0.3) is 0 Å². The quantitative estimate of drug-likeness (QED) is 0.907. The Morgan fingerprint density at radius 1 is 1.16 bits per heavy atom. The fourth-order valence-electron chi connectivity index (χ4n) is 2.66. The van der Waals surface area contributed by atoms with Gasteiger partial charge in [-0.15, -0.1) is 0 Å². The molecule has 106 valence electrons. The summed E-state index contributed by atoms with van der Waals surface area (Å²) < 4.78 is 6.06. The highest BCUT2D eigenvalue weighted by atomic mass is 16.5. The van der Waals surface area contributed by atoms with Crippen LogP contribution in [0.15, 0.2) is 24.3 Å². The van der Waals surface area contributed by atoms with Gasteiger partial charge in [0.15, 0.2) is 0 Å². The Bertz CT molecular complexity index is 380. The molecule has 2 unspecified atom stereocenters. The third-order valence-electron chi connectivity index (χ3n) is 4.15. The van der Waals surface area contributed by atoms with Gasteiger partial charge in [-0.05, 0) is 70.4 Å². The zero-order valence-electron chi connectivity index (χ0n) is 12.3. The van der Waals surface area contributed by atoms with Crippen molar-refractivity contribution in [2.45, 2.75) is 38.8 Å². The summed E-state index contributed by atoms with van der Waals surface area (Å²) in [5.41, 5.74) is 7.00. The van der Waals surface area contributed by atoms with E-state index >= 15 is 0 Å². The standard InChI is InChI=1S/C16H26N2O/c1-12(17)14-4-6-16(7-5-14)19-13(2)15-8-10-18(3)11-9-15/h4-7,12-13,15H,8-11,17H2,1-3H3. The van der Waals surface area contributed by atoms with Crippen LogP contribution in [0.1, 0.15) is 38.3 Å². The van der Waals surface area contributed by atoms with E-state index in [1.165, 1.54) is 25.9 Å². The second-order valence-electron chi connectivity index (χ2n) is 5.82. The van der Waals surface area contributed by atoms with Gasteiger partial charge < -0.3 is 15.4 Å². The van der Waals surface area contributed by atoms with Crippen molar-refractivity contribution < 1.29 is 4.74 Å². The third-order valence-corrected chi connectivity index (χ3v) is 4.15. The molecule has 2 N–H and O–H groups in total. The lowest BCUT2D eigenvalue weighted by atomic mass is 9.92. The predicted octanol–water partition coefficient (Wildman–Crippen LogP) is 2.82. The van der Waals surface area contributed by atoms with Gasteiger partial charge in [0.05, 0.1) is 6.10 Å². The Morgan fingerprint density at radius 2 is 1.74 bits per heavy atom. The van der Waals surface area contributed by atoms with Crippen LogP contribution in [0.2, 0.25) is 0 Å².